The van der Waals surface area contributed by atoms with Crippen molar-refractivity contribution < 1.29 is 10.2 Å². The summed E-state index contributed by atoms with van der Waals surface area (Å²) >= 11 is 0. The third-order valence-electron chi connectivity index (χ3n) is 3.84. The molecule has 0 bridgehead atoms. The lowest BCUT2D eigenvalue weighted by Crippen LogP contribution is -2.25. The van der Waals surface area contributed by atoms with Crippen LogP contribution in [0.2, 0.25) is 0 Å². The van der Waals surface area contributed by atoms with Crippen LogP contribution in [-0.2, 0) is 5.41 Å². The average molecular weight is 319 g/mol. The Morgan fingerprint density at radius 1 is 1.09 bits per heavy atom. The lowest BCUT2D eigenvalue weighted by Gasteiger charge is -2.27. The Hall–Kier alpha value is -1.35. The molecular formula is C20H33NO2. The zero-order chi connectivity index (χ0) is 18.0. The van der Waals surface area contributed by atoms with Gasteiger partial charge in [-0.25, -0.2) is 0 Å². The van der Waals surface area contributed by atoms with Gasteiger partial charge in [0.1, 0.15) is 5.75 Å². The molecule has 3 nitrogen and oxygen atoms in total. The molecule has 1 rings (SSSR count). The van der Waals surface area contributed by atoms with E-state index in [9.17, 15) is 10.2 Å². The van der Waals surface area contributed by atoms with Gasteiger partial charge in [0.05, 0.1) is 11.8 Å². The van der Waals surface area contributed by atoms with Gasteiger partial charge in [-0.2, -0.15) is 0 Å². The highest BCUT2D eigenvalue weighted by molar-refractivity contribution is 6.06. The maximum absolute atomic E-state index is 10.8. The Bertz CT molecular complexity index is 560. The van der Waals surface area contributed by atoms with Crippen LogP contribution in [0.3, 0.4) is 0 Å². The van der Waals surface area contributed by atoms with E-state index in [1.807, 2.05) is 25.1 Å². The van der Waals surface area contributed by atoms with E-state index < -0.39 is 0 Å². The summed E-state index contributed by atoms with van der Waals surface area (Å²) in [5.41, 5.74) is 2.28. The summed E-state index contributed by atoms with van der Waals surface area (Å²) in [5, 5.41) is 20.4. The number of aromatic hydroxyl groups is 1. The molecule has 0 aliphatic carbocycles. The Morgan fingerprint density at radius 3 is 2.09 bits per heavy atom. The van der Waals surface area contributed by atoms with Crippen molar-refractivity contribution >= 4 is 5.71 Å². The van der Waals surface area contributed by atoms with E-state index >= 15 is 0 Å². The van der Waals surface area contributed by atoms with E-state index in [1.54, 1.807) is 6.92 Å². The number of hydrogen-bond acceptors (Lipinski definition) is 3. The number of para-hydroxylation sites is 1. The molecule has 2 N–H and O–H groups in total. The van der Waals surface area contributed by atoms with Crippen molar-refractivity contribution in [3.63, 3.8) is 0 Å². The maximum atomic E-state index is 10.8. The molecule has 0 saturated heterocycles. The molecule has 1 aromatic carbocycles. The highest BCUT2D eigenvalue weighted by Crippen LogP contribution is 2.36. The first-order valence-electron chi connectivity index (χ1n) is 8.43. The van der Waals surface area contributed by atoms with Gasteiger partial charge in [0, 0.05) is 17.0 Å². The molecule has 0 aliphatic rings. The largest absolute Gasteiger partial charge is 0.507 e. The molecule has 0 amide bonds. The standard InChI is InChI=1S/C20H33NO2/c1-13(12-14(2)22)21-18(20(6,7)8)15-10-9-11-16(17(15)23)19(3,4)5/h9-11,13-14,22-23H,12H2,1-8H3. The number of rotatable bonds is 4. The van der Waals surface area contributed by atoms with Crippen LogP contribution < -0.4 is 0 Å². The first-order valence-corrected chi connectivity index (χ1v) is 8.43. The Morgan fingerprint density at radius 2 is 1.65 bits per heavy atom. The van der Waals surface area contributed by atoms with E-state index in [0.29, 0.717) is 12.2 Å². The Kier molecular flexibility index (Phi) is 6.03. The molecule has 0 aliphatic heterocycles. The van der Waals surface area contributed by atoms with Gasteiger partial charge in [-0.05, 0) is 37.3 Å². The monoisotopic (exact) mass is 319 g/mol. The van der Waals surface area contributed by atoms with Crippen LogP contribution in [0.5, 0.6) is 5.75 Å². The number of phenolic OH excluding ortho intramolecular Hbond substituents is 1. The molecule has 0 fully saturated rings. The van der Waals surface area contributed by atoms with Crippen molar-refractivity contribution in [3.8, 4) is 5.75 Å². The predicted octanol–water partition coefficient (Wildman–Crippen LogP) is 4.68. The quantitative estimate of drug-likeness (QED) is 0.791. The second-order valence-electron chi connectivity index (χ2n) is 8.61. The van der Waals surface area contributed by atoms with Crippen LogP contribution in [0.4, 0.5) is 0 Å². The number of aliphatic hydroxyl groups excluding tert-OH is 1. The van der Waals surface area contributed by atoms with Crippen LogP contribution in [0.1, 0.15) is 72.9 Å². The van der Waals surface area contributed by atoms with Crippen LogP contribution in [-0.4, -0.2) is 28.1 Å². The molecule has 0 spiro atoms. The van der Waals surface area contributed by atoms with Crippen molar-refractivity contribution in [1.82, 2.24) is 0 Å². The van der Waals surface area contributed by atoms with E-state index in [0.717, 1.165) is 16.8 Å². The minimum atomic E-state index is -0.385. The number of benzene rings is 1. The van der Waals surface area contributed by atoms with Crippen molar-refractivity contribution in [2.45, 2.75) is 79.4 Å². The zero-order valence-corrected chi connectivity index (χ0v) is 15.9. The molecule has 3 heteroatoms. The van der Waals surface area contributed by atoms with Gasteiger partial charge in [0.2, 0.25) is 0 Å². The minimum absolute atomic E-state index is 0.00178. The molecule has 0 heterocycles. The smallest absolute Gasteiger partial charge is 0.128 e. The number of aliphatic hydroxyl groups is 1. The topological polar surface area (TPSA) is 52.8 Å². The van der Waals surface area contributed by atoms with Gasteiger partial charge in [0.15, 0.2) is 0 Å². The second-order valence-corrected chi connectivity index (χ2v) is 8.61. The van der Waals surface area contributed by atoms with E-state index in [2.05, 4.69) is 41.5 Å². The summed E-state index contributed by atoms with van der Waals surface area (Å²) in [7, 11) is 0. The number of aliphatic imine (C=N–C) groups is 1. The lowest BCUT2D eigenvalue weighted by molar-refractivity contribution is 0.177. The molecular weight excluding hydrogens is 286 g/mol. The number of phenols is 1. The summed E-state index contributed by atoms with van der Waals surface area (Å²) in [5.74, 6) is 0.318. The highest BCUT2D eigenvalue weighted by atomic mass is 16.3. The molecule has 2 unspecified atom stereocenters. The van der Waals surface area contributed by atoms with E-state index in [-0.39, 0.29) is 23.0 Å². The van der Waals surface area contributed by atoms with Gasteiger partial charge >= 0.3 is 0 Å². The molecule has 1 aromatic rings. The van der Waals surface area contributed by atoms with E-state index in [4.69, 9.17) is 4.99 Å². The SMILES string of the molecule is CC(O)CC(C)N=C(c1cccc(C(C)(C)C)c1O)C(C)(C)C. The third-order valence-corrected chi connectivity index (χ3v) is 3.84. The van der Waals surface area contributed by atoms with Gasteiger partial charge in [-0.15, -0.1) is 0 Å². The van der Waals surface area contributed by atoms with Gasteiger partial charge in [0.25, 0.3) is 0 Å². The fourth-order valence-electron chi connectivity index (χ4n) is 2.77. The first-order chi connectivity index (χ1) is 10.3. The lowest BCUT2D eigenvalue weighted by atomic mass is 9.80. The van der Waals surface area contributed by atoms with Crippen LogP contribution in [0.15, 0.2) is 23.2 Å². The van der Waals surface area contributed by atoms with Gasteiger partial charge in [-0.3, -0.25) is 4.99 Å². The van der Waals surface area contributed by atoms with Crippen molar-refractivity contribution in [1.29, 1.82) is 0 Å². The van der Waals surface area contributed by atoms with Gasteiger partial charge in [-0.1, -0.05) is 53.7 Å². The summed E-state index contributed by atoms with van der Waals surface area (Å²) in [6.45, 7) is 16.4. The zero-order valence-electron chi connectivity index (χ0n) is 15.9. The summed E-state index contributed by atoms with van der Waals surface area (Å²) in [6.07, 6.45) is 0.226. The molecule has 0 saturated carbocycles. The molecule has 0 aromatic heterocycles. The van der Waals surface area contributed by atoms with Crippen molar-refractivity contribution in [2.24, 2.45) is 10.4 Å². The third kappa shape index (κ3) is 5.35. The average Bonchev–Trinajstić information content (AvgIpc) is 2.33. The first kappa shape index (κ1) is 19.7. The van der Waals surface area contributed by atoms with Crippen molar-refractivity contribution in [3.05, 3.63) is 29.3 Å². The second kappa shape index (κ2) is 7.04. The Labute approximate surface area is 141 Å². The van der Waals surface area contributed by atoms with Crippen LogP contribution in [0.25, 0.3) is 0 Å². The number of nitrogens with zero attached hydrogens (tertiary/aromatic N) is 1. The maximum Gasteiger partial charge on any atom is 0.128 e. The predicted molar refractivity (Wildman–Crippen MR) is 98.6 cm³/mol. The van der Waals surface area contributed by atoms with Crippen LogP contribution >= 0.6 is 0 Å². The summed E-state index contributed by atoms with van der Waals surface area (Å²) in [6, 6.07) is 5.89. The minimum Gasteiger partial charge on any atom is -0.507 e. The van der Waals surface area contributed by atoms with Gasteiger partial charge < -0.3 is 10.2 Å². The molecule has 130 valence electrons. The van der Waals surface area contributed by atoms with E-state index in [1.165, 1.54) is 0 Å². The normalized spacial score (nSPS) is 16.3. The number of hydrogen-bond donors (Lipinski definition) is 2. The van der Waals surface area contributed by atoms with Crippen LogP contribution in [0, 0.1) is 5.41 Å². The molecule has 2 atom stereocenters. The summed E-state index contributed by atoms with van der Waals surface area (Å²) < 4.78 is 0. The van der Waals surface area contributed by atoms with Crippen molar-refractivity contribution in [2.75, 3.05) is 0 Å². The highest BCUT2D eigenvalue weighted by Gasteiger charge is 2.27. The fourth-order valence-corrected chi connectivity index (χ4v) is 2.77. The molecule has 23 heavy (non-hydrogen) atoms. The summed E-state index contributed by atoms with van der Waals surface area (Å²) in [4.78, 5) is 4.84. The Balaban J connectivity index is 3.44. The molecule has 0 radical (unpaired) electrons. The fraction of sp³-hybridized carbons (Fsp3) is 0.650.